The van der Waals surface area contributed by atoms with Gasteiger partial charge in [-0.05, 0) is 19.3 Å². The van der Waals surface area contributed by atoms with Crippen LogP contribution in [-0.4, -0.2) is 56.9 Å². The maximum Gasteiger partial charge on any atom is 0.329 e. The van der Waals surface area contributed by atoms with Crippen molar-refractivity contribution in [2.45, 2.75) is 38.1 Å². The maximum absolute atomic E-state index is 12.1. The Kier molecular flexibility index (Phi) is 5.78. The van der Waals surface area contributed by atoms with Crippen LogP contribution in [0.1, 0.15) is 32.6 Å². The average molecular weight is 290 g/mol. The van der Waals surface area contributed by atoms with Gasteiger partial charge in [-0.2, -0.15) is 0 Å². The zero-order chi connectivity index (χ0) is 14.5. The number of carbonyl (C=O) groups is 2. The minimum Gasteiger partial charge on any atom is -0.479 e. The molecule has 0 saturated carbocycles. The van der Waals surface area contributed by atoms with Gasteiger partial charge in [0.15, 0.2) is 0 Å². The second-order valence-corrected chi connectivity index (χ2v) is 6.41. The second kappa shape index (κ2) is 6.88. The molecule has 0 spiro atoms. The van der Waals surface area contributed by atoms with E-state index in [4.69, 9.17) is 0 Å². The molecule has 0 aromatic heterocycles. The molecule has 0 aromatic carbocycles. The van der Waals surface area contributed by atoms with Crippen LogP contribution in [0.2, 0.25) is 0 Å². The number of urea groups is 1. The molecule has 2 amide bonds. The number of aliphatic carboxylic acids is 1. The van der Waals surface area contributed by atoms with E-state index < -0.39 is 22.3 Å². The molecule has 1 fully saturated rings. The van der Waals surface area contributed by atoms with E-state index in [0.717, 1.165) is 6.42 Å². The number of nitrogens with one attached hydrogen (secondary N) is 1. The SMILES string of the molecule is CCCC1(C(=O)O)CCCN1C(=O)NCCS(C)=O. The Labute approximate surface area is 116 Å². The highest BCUT2D eigenvalue weighted by molar-refractivity contribution is 7.84. The van der Waals surface area contributed by atoms with Crippen LogP contribution in [0, 0.1) is 0 Å². The molecule has 1 saturated heterocycles. The summed E-state index contributed by atoms with van der Waals surface area (Å²) in [5.74, 6) is -0.547. The lowest BCUT2D eigenvalue weighted by atomic mass is 9.91. The van der Waals surface area contributed by atoms with Gasteiger partial charge >= 0.3 is 12.0 Å². The normalized spacial score (nSPS) is 24.2. The van der Waals surface area contributed by atoms with Crippen LogP contribution >= 0.6 is 0 Å². The second-order valence-electron chi connectivity index (χ2n) is 4.85. The number of amides is 2. The van der Waals surface area contributed by atoms with Crippen LogP contribution in [-0.2, 0) is 15.6 Å². The first-order chi connectivity index (χ1) is 8.94. The highest BCUT2D eigenvalue weighted by atomic mass is 32.2. The van der Waals surface area contributed by atoms with Crippen molar-refractivity contribution in [3.8, 4) is 0 Å². The van der Waals surface area contributed by atoms with Gasteiger partial charge in [-0.15, -0.1) is 0 Å². The third-order valence-corrected chi connectivity index (χ3v) is 4.24. The minimum atomic E-state index is -1.07. The van der Waals surface area contributed by atoms with Crippen LogP contribution in [0.25, 0.3) is 0 Å². The molecule has 0 radical (unpaired) electrons. The van der Waals surface area contributed by atoms with E-state index in [1.165, 1.54) is 4.90 Å². The Bertz CT molecular complexity index is 375. The van der Waals surface area contributed by atoms with E-state index in [2.05, 4.69) is 5.32 Å². The number of carbonyl (C=O) groups excluding carboxylic acids is 1. The molecule has 2 unspecified atom stereocenters. The van der Waals surface area contributed by atoms with Gasteiger partial charge in [0.1, 0.15) is 5.54 Å². The van der Waals surface area contributed by atoms with Crippen molar-refractivity contribution in [2.24, 2.45) is 0 Å². The smallest absolute Gasteiger partial charge is 0.329 e. The lowest BCUT2D eigenvalue weighted by Gasteiger charge is -2.34. The van der Waals surface area contributed by atoms with Gasteiger partial charge in [-0.25, -0.2) is 9.59 Å². The fourth-order valence-electron chi connectivity index (χ4n) is 2.57. The number of nitrogens with zero attached hydrogens (tertiary/aromatic N) is 1. The van der Waals surface area contributed by atoms with E-state index in [1.807, 2.05) is 6.92 Å². The summed E-state index contributed by atoms with van der Waals surface area (Å²) in [7, 11) is -0.964. The third kappa shape index (κ3) is 3.68. The number of carboxylic acid groups (broad SMARTS) is 1. The average Bonchev–Trinajstić information content (AvgIpc) is 2.74. The van der Waals surface area contributed by atoms with Gasteiger partial charge in [0.2, 0.25) is 0 Å². The summed E-state index contributed by atoms with van der Waals surface area (Å²) in [6, 6.07) is -0.362. The van der Waals surface area contributed by atoms with Crippen LogP contribution in [0.4, 0.5) is 4.79 Å². The van der Waals surface area contributed by atoms with E-state index in [1.54, 1.807) is 6.26 Å². The maximum atomic E-state index is 12.1. The van der Waals surface area contributed by atoms with Gasteiger partial charge in [-0.3, -0.25) is 4.21 Å². The molecular formula is C12H22N2O4S. The Morgan fingerprint density at radius 2 is 2.16 bits per heavy atom. The van der Waals surface area contributed by atoms with Crippen LogP contribution in [0.5, 0.6) is 0 Å². The first-order valence-electron chi connectivity index (χ1n) is 6.53. The van der Waals surface area contributed by atoms with Crippen molar-refractivity contribution in [1.29, 1.82) is 0 Å². The van der Waals surface area contributed by atoms with Crippen LogP contribution in [0.3, 0.4) is 0 Å². The first-order valence-corrected chi connectivity index (χ1v) is 8.25. The molecule has 0 bridgehead atoms. The highest BCUT2D eigenvalue weighted by Gasteiger charge is 2.49. The van der Waals surface area contributed by atoms with Crippen molar-refractivity contribution in [3.63, 3.8) is 0 Å². The molecule has 19 heavy (non-hydrogen) atoms. The van der Waals surface area contributed by atoms with Crippen LogP contribution in [0.15, 0.2) is 0 Å². The fraction of sp³-hybridized carbons (Fsp3) is 0.833. The first kappa shape index (κ1) is 15.9. The molecule has 1 aliphatic heterocycles. The number of hydrogen-bond acceptors (Lipinski definition) is 3. The standard InChI is InChI=1S/C12H22N2O4S/c1-3-5-12(10(15)16)6-4-8-14(12)11(17)13-7-9-19(2)18/h3-9H2,1-2H3,(H,13,17)(H,15,16). The molecule has 0 aliphatic carbocycles. The van der Waals surface area contributed by atoms with Crippen molar-refractivity contribution in [1.82, 2.24) is 10.2 Å². The molecule has 110 valence electrons. The Hall–Kier alpha value is -1.11. The number of hydrogen-bond donors (Lipinski definition) is 2. The van der Waals surface area contributed by atoms with Gasteiger partial charge in [0, 0.05) is 35.9 Å². The number of carboxylic acids is 1. The van der Waals surface area contributed by atoms with Crippen LogP contribution < -0.4 is 5.32 Å². The van der Waals surface area contributed by atoms with Gasteiger partial charge in [0.25, 0.3) is 0 Å². The molecule has 0 aromatic rings. The van der Waals surface area contributed by atoms with Crippen molar-refractivity contribution < 1.29 is 18.9 Å². The quantitative estimate of drug-likeness (QED) is 0.757. The van der Waals surface area contributed by atoms with Crippen molar-refractivity contribution >= 4 is 22.8 Å². The molecule has 1 rings (SSSR count). The molecule has 2 atom stereocenters. The lowest BCUT2D eigenvalue weighted by molar-refractivity contribution is -0.148. The minimum absolute atomic E-state index is 0.306. The van der Waals surface area contributed by atoms with Gasteiger partial charge < -0.3 is 15.3 Å². The summed E-state index contributed by atoms with van der Waals surface area (Å²) in [5, 5.41) is 12.1. The summed E-state index contributed by atoms with van der Waals surface area (Å²) in [6.07, 6.45) is 3.97. The summed E-state index contributed by atoms with van der Waals surface area (Å²) in [5.41, 5.74) is -1.07. The summed E-state index contributed by atoms with van der Waals surface area (Å²) in [4.78, 5) is 25.0. The Balaban J connectivity index is 2.70. The molecule has 7 heteroatoms. The van der Waals surface area contributed by atoms with E-state index in [-0.39, 0.29) is 6.03 Å². The zero-order valence-electron chi connectivity index (χ0n) is 11.5. The molecule has 1 heterocycles. The third-order valence-electron chi connectivity index (χ3n) is 3.46. The predicted molar refractivity (Wildman–Crippen MR) is 73.5 cm³/mol. The van der Waals surface area contributed by atoms with Crippen molar-refractivity contribution in [2.75, 3.05) is 25.1 Å². The summed E-state index contributed by atoms with van der Waals surface area (Å²) >= 11 is 0. The van der Waals surface area contributed by atoms with Gasteiger partial charge in [0.05, 0.1) is 0 Å². The van der Waals surface area contributed by atoms with Crippen molar-refractivity contribution in [3.05, 3.63) is 0 Å². The zero-order valence-corrected chi connectivity index (χ0v) is 12.3. The summed E-state index contributed by atoms with van der Waals surface area (Å²) in [6.45, 7) is 2.69. The monoisotopic (exact) mass is 290 g/mol. The number of rotatable bonds is 6. The van der Waals surface area contributed by atoms with E-state index >= 15 is 0 Å². The fourth-order valence-corrected chi connectivity index (χ4v) is 2.96. The Morgan fingerprint density at radius 1 is 1.47 bits per heavy atom. The molecular weight excluding hydrogens is 268 g/mol. The molecule has 6 nitrogen and oxygen atoms in total. The van der Waals surface area contributed by atoms with E-state index in [9.17, 15) is 18.9 Å². The largest absolute Gasteiger partial charge is 0.479 e. The predicted octanol–water partition coefficient (Wildman–Crippen LogP) is 0.794. The number of likely N-dealkylation sites (tertiary alicyclic amines) is 1. The van der Waals surface area contributed by atoms with Gasteiger partial charge in [-0.1, -0.05) is 13.3 Å². The highest BCUT2D eigenvalue weighted by Crippen LogP contribution is 2.33. The molecule has 1 aliphatic rings. The molecule has 2 N–H and O–H groups in total. The van der Waals surface area contributed by atoms with E-state index in [0.29, 0.717) is 38.1 Å². The topological polar surface area (TPSA) is 86.7 Å². The summed E-state index contributed by atoms with van der Waals surface area (Å²) < 4.78 is 10.9. The lowest BCUT2D eigenvalue weighted by Crippen LogP contribution is -2.56. The Morgan fingerprint density at radius 3 is 2.68 bits per heavy atom.